The molecule has 150 valence electrons. The highest BCUT2D eigenvalue weighted by molar-refractivity contribution is 5.79. The molecule has 0 unspecified atom stereocenters. The summed E-state index contributed by atoms with van der Waals surface area (Å²) in [5.74, 6) is 1.83. The molecule has 1 amide bonds. The molecule has 3 aliphatic rings. The average Bonchev–Trinajstić information content (AvgIpc) is 3.19. The summed E-state index contributed by atoms with van der Waals surface area (Å²) in [5, 5.41) is 14.7. The second kappa shape index (κ2) is 7.53. The number of rotatable bonds is 3. The Hall–Kier alpha value is -1.44. The molecule has 2 aliphatic heterocycles. The molecule has 3 heterocycles. The summed E-state index contributed by atoms with van der Waals surface area (Å²) in [6, 6.07) is 0.248. The molecule has 0 radical (unpaired) electrons. The van der Waals surface area contributed by atoms with Crippen LogP contribution in [0.5, 0.6) is 0 Å². The van der Waals surface area contributed by atoms with E-state index in [1.807, 2.05) is 18.7 Å². The second-order valence-corrected chi connectivity index (χ2v) is 8.74. The number of aryl methyl sites for hydroxylation is 2. The van der Waals surface area contributed by atoms with Crippen LogP contribution in [0.3, 0.4) is 0 Å². The molecular formula is C20H32N4O3. The number of hydrogen-bond donors (Lipinski definition) is 1. The minimum atomic E-state index is -0.271. The molecule has 27 heavy (non-hydrogen) atoms. The monoisotopic (exact) mass is 376 g/mol. The summed E-state index contributed by atoms with van der Waals surface area (Å²) < 4.78 is 5.19. The van der Waals surface area contributed by atoms with Crippen molar-refractivity contribution in [2.75, 3.05) is 46.3 Å². The Kier molecular flexibility index (Phi) is 5.27. The third-order valence-corrected chi connectivity index (χ3v) is 6.98. The van der Waals surface area contributed by atoms with E-state index in [4.69, 9.17) is 4.52 Å². The lowest BCUT2D eigenvalue weighted by Gasteiger charge is -2.44. The normalized spacial score (nSPS) is 32.7. The van der Waals surface area contributed by atoms with Gasteiger partial charge in [0.1, 0.15) is 5.76 Å². The Morgan fingerprint density at radius 3 is 2.44 bits per heavy atom. The van der Waals surface area contributed by atoms with Gasteiger partial charge in [0.15, 0.2) is 0 Å². The fraction of sp³-hybridized carbons (Fsp3) is 0.800. The van der Waals surface area contributed by atoms with Crippen LogP contribution < -0.4 is 0 Å². The van der Waals surface area contributed by atoms with Crippen LogP contribution in [0.2, 0.25) is 0 Å². The maximum atomic E-state index is 12.8. The predicted octanol–water partition coefficient (Wildman–Crippen LogP) is 0.679. The molecule has 4 rings (SSSR count). The third kappa shape index (κ3) is 3.77. The lowest BCUT2D eigenvalue weighted by Crippen LogP contribution is -2.55. The molecule has 7 nitrogen and oxygen atoms in total. The molecule has 2 saturated heterocycles. The number of carbonyl (C=O) groups excluding carboxylic acids is 1. The second-order valence-electron chi connectivity index (χ2n) is 8.74. The zero-order chi connectivity index (χ0) is 19.1. The standard InChI is InChI=1S/C20H32N4O3/c1-13-17(14(2)27-21-13)10-20(26)24-11-15-8-18(19(25)9-16(15)12-24)23-6-4-22(3)5-7-23/h15-16,18-19,25H,4-12H2,1-3H3/t15-,16+,18-,19-/m1/s1. The van der Waals surface area contributed by atoms with Crippen LogP contribution >= 0.6 is 0 Å². The number of likely N-dealkylation sites (tertiary alicyclic amines) is 1. The summed E-state index contributed by atoms with van der Waals surface area (Å²) in [5.41, 5.74) is 1.73. The van der Waals surface area contributed by atoms with Crippen LogP contribution in [-0.2, 0) is 11.2 Å². The molecule has 1 N–H and O–H groups in total. The van der Waals surface area contributed by atoms with E-state index in [0.717, 1.165) is 69.1 Å². The van der Waals surface area contributed by atoms with Crippen molar-refractivity contribution in [3.05, 3.63) is 17.0 Å². The third-order valence-electron chi connectivity index (χ3n) is 6.98. The molecule has 0 aromatic carbocycles. The van der Waals surface area contributed by atoms with Gasteiger partial charge in [0, 0.05) is 50.9 Å². The van der Waals surface area contributed by atoms with Crippen LogP contribution in [0.15, 0.2) is 4.52 Å². The summed E-state index contributed by atoms with van der Waals surface area (Å²) in [6.45, 7) is 9.56. The van der Waals surface area contributed by atoms with E-state index in [9.17, 15) is 9.90 Å². The zero-order valence-corrected chi connectivity index (χ0v) is 16.7. The van der Waals surface area contributed by atoms with E-state index in [0.29, 0.717) is 18.3 Å². The highest BCUT2D eigenvalue weighted by atomic mass is 16.5. The number of fused-ring (bicyclic) bond motifs is 1. The van der Waals surface area contributed by atoms with Crippen molar-refractivity contribution in [2.45, 2.75) is 45.3 Å². The highest BCUT2D eigenvalue weighted by Crippen LogP contribution is 2.38. The lowest BCUT2D eigenvalue weighted by atomic mass is 9.77. The van der Waals surface area contributed by atoms with Crippen LogP contribution in [0.4, 0.5) is 0 Å². The molecule has 0 spiro atoms. The molecule has 1 aliphatic carbocycles. The first-order valence-corrected chi connectivity index (χ1v) is 10.2. The quantitative estimate of drug-likeness (QED) is 0.836. The highest BCUT2D eigenvalue weighted by Gasteiger charge is 2.44. The average molecular weight is 377 g/mol. The van der Waals surface area contributed by atoms with E-state index in [-0.39, 0.29) is 18.1 Å². The Morgan fingerprint density at radius 2 is 1.81 bits per heavy atom. The van der Waals surface area contributed by atoms with Gasteiger partial charge in [-0.05, 0) is 45.6 Å². The van der Waals surface area contributed by atoms with Crippen molar-refractivity contribution in [2.24, 2.45) is 11.8 Å². The number of nitrogens with zero attached hydrogens (tertiary/aromatic N) is 4. The predicted molar refractivity (Wildman–Crippen MR) is 101 cm³/mol. The van der Waals surface area contributed by atoms with Gasteiger partial charge in [-0.15, -0.1) is 0 Å². The molecule has 0 bridgehead atoms. The number of carbonyl (C=O) groups is 1. The minimum Gasteiger partial charge on any atom is -0.391 e. The maximum Gasteiger partial charge on any atom is 0.227 e. The maximum absolute atomic E-state index is 12.8. The molecule has 1 saturated carbocycles. The Balaban J connectivity index is 1.37. The minimum absolute atomic E-state index is 0.157. The summed E-state index contributed by atoms with van der Waals surface area (Å²) in [4.78, 5) is 19.7. The van der Waals surface area contributed by atoms with Crippen LogP contribution in [0, 0.1) is 25.7 Å². The first-order valence-electron chi connectivity index (χ1n) is 10.2. The van der Waals surface area contributed by atoms with Gasteiger partial charge in [0.05, 0.1) is 18.2 Å². The molecule has 1 aromatic rings. The van der Waals surface area contributed by atoms with Crippen molar-refractivity contribution < 1.29 is 14.4 Å². The Labute approximate surface area is 161 Å². The first-order chi connectivity index (χ1) is 12.9. The van der Waals surface area contributed by atoms with Crippen LogP contribution in [-0.4, -0.2) is 89.3 Å². The fourth-order valence-corrected chi connectivity index (χ4v) is 5.17. The smallest absolute Gasteiger partial charge is 0.227 e. The lowest BCUT2D eigenvalue weighted by molar-refractivity contribution is -0.129. The zero-order valence-electron chi connectivity index (χ0n) is 16.7. The van der Waals surface area contributed by atoms with E-state index in [2.05, 4.69) is 22.0 Å². The van der Waals surface area contributed by atoms with Crippen molar-refractivity contribution >= 4 is 5.91 Å². The Morgan fingerprint density at radius 1 is 1.15 bits per heavy atom. The van der Waals surface area contributed by atoms with Crippen LogP contribution in [0.1, 0.15) is 29.9 Å². The largest absolute Gasteiger partial charge is 0.391 e. The van der Waals surface area contributed by atoms with Crippen LogP contribution in [0.25, 0.3) is 0 Å². The van der Waals surface area contributed by atoms with E-state index < -0.39 is 0 Å². The van der Waals surface area contributed by atoms with Gasteiger partial charge in [-0.2, -0.15) is 0 Å². The van der Waals surface area contributed by atoms with Gasteiger partial charge < -0.3 is 19.4 Å². The van der Waals surface area contributed by atoms with E-state index in [1.54, 1.807) is 0 Å². The van der Waals surface area contributed by atoms with Crippen molar-refractivity contribution in [3.8, 4) is 0 Å². The van der Waals surface area contributed by atoms with Gasteiger partial charge in [0.2, 0.25) is 5.91 Å². The van der Waals surface area contributed by atoms with Crippen molar-refractivity contribution in [1.29, 1.82) is 0 Å². The summed E-state index contributed by atoms with van der Waals surface area (Å²) in [6.07, 6.45) is 1.92. The number of likely N-dealkylation sites (N-methyl/N-ethyl adjacent to an activating group) is 1. The number of aliphatic hydroxyl groups is 1. The number of piperazine rings is 1. The van der Waals surface area contributed by atoms with Gasteiger partial charge in [-0.25, -0.2) is 0 Å². The number of amides is 1. The Bertz CT molecular complexity index is 663. The van der Waals surface area contributed by atoms with Crippen molar-refractivity contribution in [1.82, 2.24) is 19.9 Å². The van der Waals surface area contributed by atoms with Gasteiger partial charge in [-0.1, -0.05) is 5.16 Å². The van der Waals surface area contributed by atoms with Crippen molar-refractivity contribution in [3.63, 3.8) is 0 Å². The topological polar surface area (TPSA) is 73.1 Å². The van der Waals surface area contributed by atoms with Gasteiger partial charge >= 0.3 is 0 Å². The summed E-state index contributed by atoms with van der Waals surface area (Å²) in [7, 11) is 2.16. The summed E-state index contributed by atoms with van der Waals surface area (Å²) >= 11 is 0. The number of aliphatic hydroxyl groups excluding tert-OH is 1. The molecular weight excluding hydrogens is 344 g/mol. The number of hydrogen-bond acceptors (Lipinski definition) is 6. The fourth-order valence-electron chi connectivity index (χ4n) is 5.17. The molecule has 1 aromatic heterocycles. The SMILES string of the molecule is Cc1noc(C)c1CC(=O)N1C[C@H]2C[C@@H](N3CCN(C)CC3)[C@H](O)C[C@H]2C1. The molecule has 4 atom stereocenters. The molecule has 3 fully saturated rings. The van der Waals surface area contributed by atoms with E-state index >= 15 is 0 Å². The van der Waals surface area contributed by atoms with Gasteiger partial charge in [-0.3, -0.25) is 9.69 Å². The van der Waals surface area contributed by atoms with E-state index in [1.165, 1.54) is 0 Å². The number of aromatic nitrogens is 1. The molecule has 7 heteroatoms. The first kappa shape index (κ1) is 18.9. The van der Waals surface area contributed by atoms with Gasteiger partial charge in [0.25, 0.3) is 0 Å².